The van der Waals surface area contributed by atoms with Gasteiger partial charge >= 0.3 is 11.9 Å². The summed E-state index contributed by atoms with van der Waals surface area (Å²) in [5, 5.41) is 2.89. The number of rotatable bonds is 13. The molecule has 1 rings (SSSR count). The van der Waals surface area contributed by atoms with Gasteiger partial charge in [-0.15, -0.1) is 0 Å². The van der Waals surface area contributed by atoms with E-state index in [1.807, 2.05) is 0 Å². The number of unbranched alkanes of at least 4 members (excludes halogenated alkanes) is 2. The molecule has 8 nitrogen and oxygen atoms in total. The molecule has 170 valence electrons. The molecule has 1 aromatic carbocycles. The van der Waals surface area contributed by atoms with Crippen LogP contribution in [0.3, 0.4) is 0 Å². The first-order chi connectivity index (χ1) is 13.9. The summed E-state index contributed by atoms with van der Waals surface area (Å²) in [5.74, 6) is -1.35. The fourth-order valence-corrected chi connectivity index (χ4v) is 2.58. The molecule has 9 heteroatoms. The van der Waals surface area contributed by atoms with Crippen molar-refractivity contribution in [1.82, 2.24) is 5.32 Å². The lowest BCUT2D eigenvalue weighted by Crippen LogP contribution is -3.00. The quantitative estimate of drug-likeness (QED) is 0.207. The maximum atomic E-state index is 12.1. The third kappa shape index (κ3) is 9.93. The van der Waals surface area contributed by atoms with E-state index >= 15 is 0 Å². The minimum atomic E-state index is -1.48. The fourth-order valence-electron chi connectivity index (χ4n) is 2.58. The Morgan fingerprint density at radius 1 is 0.967 bits per heavy atom. The minimum absolute atomic E-state index is 0. The van der Waals surface area contributed by atoms with E-state index < -0.39 is 24.1 Å². The Kier molecular flexibility index (Phi) is 14.3. The number of ether oxygens (including phenoxy) is 3. The SMILES string of the molecule is CCCCCNC(=O)[C@@H]([NH3+])Cc1ccc(OC(C(=O)OCC)C(=O)OCC)cc1.[Cl-]. The molecule has 0 unspecified atom stereocenters. The maximum absolute atomic E-state index is 12.1. The van der Waals surface area contributed by atoms with Crippen molar-refractivity contribution in [3.05, 3.63) is 29.8 Å². The van der Waals surface area contributed by atoms with Crippen LogP contribution in [0.2, 0.25) is 0 Å². The van der Waals surface area contributed by atoms with Crippen LogP contribution in [0.4, 0.5) is 0 Å². The molecule has 0 heterocycles. The Hall–Kier alpha value is -2.32. The van der Waals surface area contributed by atoms with Crippen LogP contribution in [0.25, 0.3) is 0 Å². The van der Waals surface area contributed by atoms with Crippen LogP contribution in [-0.2, 0) is 30.3 Å². The van der Waals surface area contributed by atoms with E-state index in [1.165, 1.54) is 0 Å². The van der Waals surface area contributed by atoms with Crippen LogP contribution in [-0.4, -0.2) is 49.8 Å². The number of carbonyl (C=O) groups excluding carboxylic acids is 3. The number of benzene rings is 1. The first-order valence-corrected chi connectivity index (χ1v) is 10.1. The van der Waals surface area contributed by atoms with Crippen molar-refractivity contribution in [2.45, 2.75) is 58.6 Å². The third-order valence-electron chi connectivity index (χ3n) is 4.11. The molecule has 0 aliphatic heterocycles. The molecule has 1 amide bonds. The lowest BCUT2D eigenvalue weighted by molar-refractivity contribution is -0.403. The molecular weight excluding hydrogens is 412 g/mol. The second kappa shape index (κ2) is 15.5. The first-order valence-electron chi connectivity index (χ1n) is 10.1. The summed E-state index contributed by atoms with van der Waals surface area (Å²) in [7, 11) is 0. The fraction of sp³-hybridized carbons (Fsp3) is 0.571. The van der Waals surface area contributed by atoms with Gasteiger partial charge < -0.3 is 37.7 Å². The Morgan fingerprint density at radius 2 is 1.53 bits per heavy atom. The molecular formula is C21H33ClN2O6. The topological polar surface area (TPSA) is 119 Å². The molecule has 0 radical (unpaired) electrons. The second-order valence-electron chi connectivity index (χ2n) is 6.55. The van der Waals surface area contributed by atoms with Crippen LogP contribution in [0.5, 0.6) is 5.75 Å². The van der Waals surface area contributed by atoms with E-state index in [1.54, 1.807) is 38.1 Å². The van der Waals surface area contributed by atoms with Crippen LogP contribution in [0.15, 0.2) is 24.3 Å². The molecule has 0 saturated carbocycles. The van der Waals surface area contributed by atoms with Crippen molar-refractivity contribution < 1.29 is 46.7 Å². The monoisotopic (exact) mass is 444 g/mol. The van der Waals surface area contributed by atoms with Gasteiger partial charge in [0.25, 0.3) is 12.0 Å². The average Bonchev–Trinajstić information content (AvgIpc) is 2.70. The Balaban J connectivity index is 0.00000841. The van der Waals surface area contributed by atoms with Gasteiger partial charge in [0.2, 0.25) is 0 Å². The number of halogens is 1. The molecule has 30 heavy (non-hydrogen) atoms. The van der Waals surface area contributed by atoms with Gasteiger partial charge in [-0.3, -0.25) is 4.79 Å². The zero-order valence-corrected chi connectivity index (χ0v) is 18.7. The summed E-state index contributed by atoms with van der Waals surface area (Å²) in [5.41, 5.74) is 4.82. The largest absolute Gasteiger partial charge is 1.00 e. The van der Waals surface area contributed by atoms with Crippen molar-refractivity contribution in [3.8, 4) is 5.75 Å². The van der Waals surface area contributed by atoms with Crippen LogP contribution in [0.1, 0.15) is 45.6 Å². The molecule has 0 aliphatic carbocycles. The standard InChI is InChI=1S/C21H32N2O6.ClH/c1-4-7-8-13-23-19(24)17(22)14-15-9-11-16(12-10-15)29-18(20(25)27-5-2)21(26)28-6-3;/h9-12,17-18H,4-8,13-14,22H2,1-3H3,(H,23,24);1H/t17-;/m0./s1. The number of amides is 1. The number of hydrogen-bond acceptors (Lipinski definition) is 6. The van der Waals surface area contributed by atoms with E-state index in [0.717, 1.165) is 24.8 Å². The lowest BCUT2D eigenvalue weighted by Gasteiger charge is -2.16. The predicted molar refractivity (Wildman–Crippen MR) is 107 cm³/mol. The Labute approximate surface area is 184 Å². The Bertz CT molecular complexity index is 635. The molecule has 1 atom stereocenters. The highest BCUT2D eigenvalue weighted by Gasteiger charge is 2.32. The van der Waals surface area contributed by atoms with Crippen LogP contribution < -0.4 is 28.2 Å². The zero-order valence-electron chi connectivity index (χ0n) is 17.9. The van der Waals surface area contributed by atoms with Gasteiger partial charge in [0.15, 0.2) is 6.04 Å². The number of esters is 2. The van der Waals surface area contributed by atoms with Gasteiger partial charge in [-0.05, 0) is 38.0 Å². The minimum Gasteiger partial charge on any atom is -1.00 e. The van der Waals surface area contributed by atoms with Crippen molar-refractivity contribution in [1.29, 1.82) is 0 Å². The summed E-state index contributed by atoms with van der Waals surface area (Å²) in [6.07, 6.45) is 2.14. The summed E-state index contributed by atoms with van der Waals surface area (Å²) < 4.78 is 15.2. The highest BCUT2D eigenvalue weighted by molar-refractivity contribution is 5.98. The summed E-state index contributed by atoms with van der Waals surface area (Å²) in [6.45, 7) is 6.31. The predicted octanol–water partition coefficient (Wildman–Crippen LogP) is -1.98. The Morgan fingerprint density at radius 3 is 2.03 bits per heavy atom. The highest BCUT2D eigenvalue weighted by atomic mass is 35.5. The van der Waals surface area contributed by atoms with Gasteiger partial charge in [0.05, 0.1) is 13.2 Å². The van der Waals surface area contributed by atoms with E-state index in [-0.39, 0.29) is 31.5 Å². The van der Waals surface area contributed by atoms with Crippen molar-refractivity contribution in [2.24, 2.45) is 0 Å². The second-order valence-corrected chi connectivity index (χ2v) is 6.55. The summed E-state index contributed by atoms with van der Waals surface area (Å²) >= 11 is 0. The molecule has 0 fully saturated rings. The first kappa shape index (κ1) is 27.7. The normalized spacial score (nSPS) is 11.2. The number of hydrogen-bond donors (Lipinski definition) is 2. The molecule has 0 bridgehead atoms. The van der Waals surface area contributed by atoms with Gasteiger partial charge in [-0.25, -0.2) is 9.59 Å². The van der Waals surface area contributed by atoms with Crippen LogP contribution in [0, 0.1) is 0 Å². The van der Waals surface area contributed by atoms with Crippen LogP contribution >= 0.6 is 0 Å². The van der Waals surface area contributed by atoms with E-state index in [2.05, 4.69) is 18.0 Å². The van der Waals surface area contributed by atoms with Crippen molar-refractivity contribution in [3.63, 3.8) is 0 Å². The van der Waals surface area contributed by atoms with Gasteiger partial charge in [-0.2, -0.15) is 0 Å². The number of carbonyl (C=O) groups is 3. The maximum Gasteiger partial charge on any atom is 0.359 e. The molecule has 1 aromatic rings. The van der Waals surface area contributed by atoms with Gasteiger partial charge in [-0.1, -0.05) is 31.9 Å². The van der Waals surface area contributed by atoms with Crippen molar-refractivity contribution >= 4 is 17.8 Å². The summed E-state index contributed by atoms with van der Waals surface area (Å²) in [6, 6.07) is 6.39. The number of quaternary nitrogens is 1. The van der Waals surface area contributed by atoms with Crippen molar-refractivity contribution in [2.75, 3.05) is 19.8 Å². The number of nitrogens with one attached hydrogen (secondary N) is 1. The van der Waals surface area contributed by atoms with E-state index in [0.29, 0.717) is 18.7 Å². The smallest absolute Gasteiger partial charge is 0.359 e. The van der Waals surface area contributed by atoms with Gasteiger partial charge in [0, 0.05) is 13.0 Å². The molecule has 4 N–H and O–H groups in total. The molecule has 0 spiro atoms. The third-order valence-corrected chi connectivity index (χ3v) is 4.11. The van der Waals surface area contributed by atoms with E-state index in [4.69, 9.17) is 14.2 Å². The van der Waals surface area contributed by atoms with E-state index in [9.17, 15) is 14.4 Å². The highest BCUT2D eigenvalue weighted by Crippen LogP contribution is 2.16. The molecule has 0 aromatic heterocycles. The lowest BCUT2D eigenvalue weighted by atomic mass is 10.1. The molecule has 0 aliphatic rings. The zero-order chi connectivity index (χ0) is 21.6. The molecule has 0 saturated heterocycles. The average molecular weight is 445 g/mol. The summed E-state index contributed by atoms with van der Waals surface area (Å²) in [4.78, 5) is 36.1. The van der Waals surface area contributed by atoms with Gasteiger partial charge in [0.1, 0.15) is 5.75 Å².